The van der Waals surface area contributed by atoms with Gasteiger partial charge in [-0.05, 0) is 125 Å². The number of thiophene rings is 1. The standard InChI is InChI=1S/C44H34ClIN4O5S/c1-21-29-18-23(45)9-17-34(29)56-39(21)32-20-35(48(3)47-32)50-41(53)31-19-30-27(14-15-28-36(30)42(54)49(40(28)52)25-12-10-24(46)11-13-25)38(44(31,2)43(50)55)37-26-7-5-4-6-22(26)8-16-33(37)51/h4-14,16-18,20,28,30-31,36,38,51H,15,19H2,1-3H3. The molecule has 3 fully saturated rings. The smallest absolute Gasteiger partial charge is 0.242 e. The molecule has 9 nitrogen and oxygen atoms in total. The van der Waals surface area contributed by atoms with E-state index in [4.69, 9.17) is 16.7 Å². The molecule has 2 aromatic heterocycles. The van der Waals surface area contributed by atoms with Crippen LogP contribution in [-0.2, 0) is 26.2 Å². The fourth-order valence-corrected chi connectivity index (χ4v) is 11.9. The minimum absolute atomic E-state index is 0.00791. The Bertz CT molecular complexity index is 2780. The van der Waals surface area contributed by atoms with Gasteiger partial charge in [-0.3, -0.25) is 28.8 Å². The van der Waals surface area contributed by atoms with E-state index in [-0.39, 0.29) is 29.9 Å². The largest absolute Gasteiger partial charge is 0.508 e. The molecule has 2 aliphatic heterocycles. The maximum Gasteiger partial charge on any atom is 0.242 e. The van der Waals surface area contributed by atoms with Crippen molar-refractivity contribution in [2.24, 2.45) is 36.1 Å². The fraction of sp³-hybridized carbons (Fsp3) is 0.250. The van der Waals surface area contributed by atoms with Gasteiger partial charge in [0.05, 0.1) is 33.7 Å². The van der Waals surface area contributed by atoms with E-state index < -0.39 is 40.9 Å². The van der Waals surface area contributed by atoms with Crippen LogP contribution in [0.15, 0.2) is 96.6 Å². The van der Waals surface area contributed by atoms with Crippen LogP contribution in [0, 0.1) is 39.6 Å². The highest BCUT2D eigenvalue weighted by Gasteiger charge is 2.68. The van der Waals surface area contributed by atoms with Gasteiger partial charge in [0.25, 0.3) is 0 Å². The molecule has 4 amide bonds. The van der Waals surface area contributed by atoms with Gasteiger partial charge < -0.3 is 5.11 Å². The van der Waals surface area contributed by atoms with Crippen LogP contribution in [0.25, 0.3) is 31.4 Å². The number of anilines is 2. The van der Waals surface area contributed by atoms with Crippen molar-refractivity contribution >= 4 is 102 Å². The molecule has 1 saturated carbocycles. The lowest BCUT2D eigenvalue weighted by Crippen LogP contribution is -2.49. The van der Waals surface area contributed by atoms with Gasteiger partial charge in [0, 0.05) is 37.9 Å². The molecular weight excluding hydrogens is 859 g/mol. The number of aromatic hydroxyl groups is 1. The number of rotatable bonds is 4. The SMILES string of the molecule is Cc1c(-c2cc(N3C(=O)C4CC5C(=CCC6C(=O)N(c7ccc(I)cc7)C(=O)C65)C(c5c(O)ccc6ccccc56)C4(C)C3=O)n(C)n2)sc2ccc(Cl)cc12. The molecule has 4 heterocycles. The van der Waals surface area contributed by atoms with Gasteiger partial charge in [0.2, 0.25) is 23.6 Å². The highest BCUT2D eigenvalue weighted by Crippen LogP contribution is 2.65. The summed E-state index contributed by atoms with van der Waals surface area (Å²) in [5, 5.41) is 19.9. The summed E-state index contributed by atoms with van der Waals surface area (Å²) in [6.07, 6.45) is 2.52. The predicted octanol–water partition coefficient (Wildman–Crippen LogP) is 9.16. The van der Waals surface area contributed by atoms with Crippen molar-refractivity contribution in [2.75, 3.05) is 9.80 Å². The van der Waals surface area contributed by atoms with E-state index in [1.54, 1.807) is 47.3 Å². The second-order valence-corrected chi connectivity index (χ2v) is 18.3. The lowest BCUT2D eigenvalue weighted by molar-refractivity contribution is -0.131. The summed E-state index contributed by atoms with van der Waals surface area (Å²) >= 11 is 10.1. The van der Waals surface area contributed by atoms with Gasteiger partial charge in [0.15, 0.2) is 0 Å². The van der Waals surface area contributed by atoms with Gasteiger partial charge in [0.1, 0.15) is 17.3 Å². The Hall–Kier alpha value is -4.85. The van der Waals surface area contributed by atoms with Gasteiger partial charge in [-0.15, -0.1) is 11.3 Å². The van der Waals surface area contributed by atoms with E-state index in [1.807, 2.05) is 80.6 Å². The first-order valence-corrected chi connectivity index (χ1v) is 20.8. The maximum absolute atomic E-state index is 15.3. The molecule has 4 aromatic carbocycles. The number of aryl methyl sites for hydroxylation is 2. The maximum atomic E-state index is 15.3. The summed E-state index contributed by atoms with van der Waals surface area (Å²) in [7, 11) is 1.73. The number of imide groups is 2. The van der Waals surface area contributed by atoms with Gasteiger partial charge in [-0.2, -0.15) is 5.10 Å². The van der Waals surface area contributed by atoms with Crippen molar-refractivity contribution in [3.63, 3.8) is 0 Å². The van der Waals surface area contributed by atoms with E-state index in [1.165, 1.54) is 9.80 Å². The molecule has 6 atom stereocenters. The predicted molar refractivity (Wildman–Crippen MR) is 226 cm³/mol. The first-order valence-electron chi connectivity index (χ1n) is 18.5. The number of phenols is 1. The minimum atomic E-state index is -1.34. The lowest BCUT2D eigenvalue weighted by Gasteiger charge is -2.49. The summed E-state index contributed by atoms with van der Waals surface area (Å²) in [5.74, 6) is -4.47. The summed E-state index contributed by atoms with van der Waals surface area (Å²) in [6.45, 7) is 3.85. The number of hydrogen-bond donors (Lipinski definition) is 1. The van der Waals surface area contributed by atoms with E-state index >= 15 is 9.59 Å². The number of carbonyl (C=O) groups excluding carboxylic acids is 4. The number of phenolic OH excluding ortho intramolecular Hbond substituents is 1. The molecule has 6 aromatic rings. The van der Waals surface area contributed by atoms with Crippen LogP contribution in [-0.4, -0.2) is 38.5 Å². The summed E-state index contributed by atoms with van der Waals surface area (Å²) < 4.78 is 3.61. The fourth-order valence-electron chi connectivity index (χ4n) is 10.2. The second kappa shape index (κ2) is 12.6. The van der Waals surface area contributed by atoms with Crippen molar-refractivity contribution in [1.82, 2.24) is 9.78 Å². The van der Waals surface area contributed by atoms with Crippen LogP contribution in [0.5, 0.6) is 5.75 Å². The molecule has 2 aliphatic carbocycles. The van der Waals surface area contributed by atoms with Crippen molar-refractivity contribution in [1.29, 1.82) is 0 Å². The number of nitrogens with zero attached hydrogens (tertiary/aromatic N) is 4. The molecule has 280 valence electrons. The Morgan fingerprint density at radius 2 is 1.66 bits per heavy atom. The molecular formula is C44H34ClIN4O5S. The number of halogens is 2. The Morgan fingerprint density at radius 1 is 0.893 bits per heavy atom. The molecule has 10 rings (SSSR count). The molecule has 4 aliphatic rings. The third-order valence-electron chi connectivity index (χ3n) is 12.8. The van der Waals surface area contributed by atoms with Crippen LogP contribution in [0.2, 0.25) is 5.02 Å². The molecule has 56 heavy (non-hydrogen) atoms. The number of aromatic nitrogens is 2. The van der Waals surface area contributed by atoms with Crippen LogP contribution in [0.1, 0.15) is 36.8 Å². The molecule has 6 unspecified atom stereocenters. The average molecular weight is 893 g/mol. The number of hydrogen-bond acceptors (Lipinski definition) is 7. The Kier molecular flexibility index (Phi) is 7.98. The number of carbonyl (C=O) groups is 4. The lowest BCUT2D eigenvalue weighted by atomic mass is 9.51. The molecule has 1 N–H and O–H groups in total. The summed E-state index contributed by atoms with van der Waals surface area (Å²) in [6, 6.07) is 26.0. The Morgan fingerprint density at radius 3 is 2.45 bits per heavy atom. The second-order valence-electron chi connectivity index (χ2n) is 15.6. The highest BCUT2D eigenvalue weighted by molar-refractivity contribution is 14.1. The van der Waals surface area contributed by atoms with E-state index in [0.29, 0.717) is 34.2 Å². The summed E-state index contributed by atoms with van der Waals surface area (Å²) in [4.78, 5) is 62.5. The Balaban J connectivity index is 1.12. The van der Waals surface area contributed by atoms with Crippen molar-refractivity contribution in [2.45, 2.75) is 32.6 Å². The zero-order valence-electron chi connectivity index (χ0n) is 30.5. The van der Waals surface area contributed by atoms with Gasteiger partial charge in [-0.25, -0.2) is 4.90 Å². The van der Waals surface area contributed by atoms with Crippen LogP contribution in [0.4, 0.5) is 11.5 Å². The van der Waals surface area contributed by atoms with Crippen molar-refractivity contribution in [3.8, 4) is 16.3 Å². The normalized spacial score (nSPS) is 25.9. The minimum Gasteiger partial charge on any atom is -0.508 e. The quantitative estimate of drug-likeness (QED) is 0.107. The van der Waals surface area contributed by atoms with E-state index in [0.717, 1.165) is 40.4 Å². The Labute approximate surface area is 344 Å². The van der Waals surface area contributed by atoms with Crippen LogP contribution >= 0.6 is 45.5 Å². The number of amides is 4. The zero-order chi connectivity index (χ0) is 38.9. The molecule has 0 spiro atoms. The third kappa shape index (κ3) is 4.86. The van der Waals surface area contributed by atoms with Crippen LogP contribution < -0.4 is 9.80 Å². The first kappa shape index (κ1) is 35.6. The molecule has 0 bridgehead atoms. The molecule has 2 saturated heterocycles. The summed E-state index contributed by atoms with van der Waals surface area (Å²) in [5.41, 5.74) is 2.17. The van der Waals surface area contributed by atoms with Crippen LogP contribution in [0.3, 0.4) is 0 Å². The van der Waals surface area contributed by atoms with Gasteiger partial charge >= 0.3 is 0 Å². The number of allylic oxidation sites excluding steroid dienone is 2. The molecule has 0 radical (unpaired) electrons. The van der Waals surface area contributed by atoms with E-state index in [2.05, 4.69) is 22.6 Å². The average Bonchev–Trinajstić information content (AvgIpc) is 3.86. The third-order valence-corrected chi connectivity index (χ3v) is 15.1. The monoisotopic (exact) mass is 892 g/mol. The molecule has 12 heteroatoms. The van der Waals surface area contributed by atoms with Gasteiger partial charge in [-0.1, -0.05) is 53.6 Å². The first-order chi connectivity index (χ1) is 26.9. The zero-order valence-corrected chi connectivity index (χ0v) is 34.2. The van der Waals surface area contributed by atoms with Crippen molar-refractivity contribution < 1.29 is 24.3 Å². The number of benzene rings is 4. The van der Waals surface area contributed by atoms with Crippen molar-refractivity contribution in [3.05, 3.63) is 116 Å². The topological polar surface area (TPSA) is 113 Å². The number of fused-ring (bicyclic) bond motifs is 6. The highest BCUT2D eigenvalue weighted by atomic mass is 127. The van der Waals surface area contributed by atoms with E-state index in [9.17, 15) is 14.7 Å².